The third kappa shape index (κ3) is 2.99. The van der Waals surface area contributed by atoms with E-state index in [1.807, 2.05) is 6.92 Å². The van der Waals surface area contributed by atoms with Gasteiger partial charge in [-0.2, -0.15) is 0 Å². The largest absolute Gasteiger partial charge is 0.493 e. The van der Waals surface area contributed by atoms with Crippen LogP contribution >= 0.6 is 0 Å². The van der Waals surface area contributed by atoms with Gasteiger partial charge in [-0.05, 0) is 42.8 Å². The van der Waals surface area contributed by atoms with E-state index in [0.717, 1.165) is 0 Å². The summed E-state index contributed by atoms with van der Waals surface area (Å²) in [4.78, 5) is 36.9. The number of carbonyl (C=O) groups is 1. The fourth-order valence-corrected chi connectivity index (χ4v) is 3.99. The summed E-state index contributed by atoms with van der Waals surface area (Å²) in [5.41, 5.74) is 0.967. The highest BCUT2D eigenvalue weighted by atomic mass is 16.5. The highest BCUT2D eigenvalue weighted by Gasteiger charge is 2.45. The Balaban J connectivity index is 1.78. The molecule has 0 bridgehead atoms. The molecule has 0 radical (unpaired) electrons. The zero-order valence-electron chi connectivity index (χ0n) is 17.4. The first-order valence-corrected chi connectivity index (χ1v) is 10.1. The van der Waals surface area contributed by atoms with Gasteiger partial charge < -0.3 is 13.9 Å². The van der Waals surface area contributed by atoms with Crippen molar-refractivity contribution in [3.05, 3.63) is 88.0 Å². The predicted molar refractivity (Wildman–Crippen MR) is 117 cm³/mol. The number of fused-ring (bicyclic) bond motifs is 2. The number of carbonyl (C=O) groups excluding carboxylic acids is 1. The number of anilines is 1. The highest BCUT2D eigenvalue weighted by molar-refractivity contribution is 6.09. The Kier molecular flexibility index (Phi) is 4.82. The zero-order chi connectivity index (χ0) is 22.2. The van der Waals surface area contributed by atoms with Crippen LogP contribution in [0.1, 0.15) is 34.6 Å². The van der Waals surface area contributed by atoms with Gasteiger partial charge in [0.15, 0.2) is 16.9 Å². The van der Waals surface area contributed by atoms with E-state index in [0.29, 0.717) is 34.6 Å². The molecule has 1 aliphatic rings. The van der Waals surface area contributed by atoms with E-state index in [1.165, 1.54) is 12.0 Å². The Morgan fingerprint density at radius 1 is 1.03 bits per heavy atom. The second-order valence-corrected chi connectivity index (χ2v) is 7.14. The van der Waals surface area contributed by atoms with Gasteiger partial charge in [0.05, 0.1) is 30.7 Å². The van der Waals surface area contributed by atoms with Gasteiger partial charge >= 0.3 is 0 Å². The summed E-state index contributed by atoms with van der Waals surface area (Å²) in [7, 11) is 1.54. The molecule has 1 atom stereocenters. The number of amides is 1. The molecule has 8 nitrogen and oxygen atoms in total. The summed E-state index contributed by atoms with van der Waals surface area (Å²) in [5, 5.41) is 0.401. The fraction of sp³-hybridized carbons (Fsp3) is 0.167. The molecule has 1 aliphatic heterocycles. The molecular formula is C24H19N3O5. The van der Waals surface area contributed by atoms with E-state index in [1.54, 1.807) is 60.9 Å². The second-order valence-electron chi connectivity index (χ2n) is 7.14. The molecule has 1 amide bonds. The molecule has 4 aromatic rings. The van der Waals surface area contributed by atoms with E-state index in [2.05, 4.69) is 9.97 Å². The SMILES string of the molecule is CCOc1ccc(C2c3c(oc4ccccc4c3=O)C(=O)N2c2ncccn2)cc1OC. The summed E-state index contributed by atoms with van der Waals surface area (Å²) < 4.78 is 17.0. The van der Waals surface area contributed by atoms with Crippen LogP contribution in [0.25, 0.3) is 11.0 Å². The van der Waals surface area contributed by atoms with Crippen LogP contribution in [0.3, 0.4) is 0 Å². The Morgan fingerprint density at radius 3 is 2.56 bits per heavy atom. The molecule has 32 heavy (non-hydrogen) atoms. The highest BCUT2D eigenvalue weighted by Crippen LogP contribution is 2.42. The van der Waals surface area contributed by atoms with E-state index >= 15 is 0 Å². The first kappa shape index (κ1) is 19.7. The number of benzene rings is 2. The van der Waals surface area contributed by atoms with Crippen LogP contribution < -0.4 is 19.8 Å². The minimum Gasteiger partial charge on any atom is -0.493 e. The topological polar surface area (TPSA) is 94.8 Å². The van der Waals surface area contributed by atoms with E-state index in [9.17, 15) is 9.59 Å². The maximum Gasteiger partial charge on any atom is 0.297 e. The van der Waals surface area contributed by atoms with Gasteiger partial charge in [0.1, 0.15) is 5.58 Å². The van der Waals surface area contributed by atoms with Gasteiger partial charge in [0.2, 0.25) is 11.7 Å². The van der Waals surface area contributed by atoms with Crippen LogP contribution in [-0.4, -0.2) is 29.6 Å². The van der Waals surface area contributed by atoms with Crippen LogP contribution in [0.2, 0.25) is 0 Å². The molecule has 1 unspecified atom stereocenters. The second kappa shape index (κ2) is 7.81. The molecule has 160 valence electrons. The van der Waals surface area contributed by atoms with Crippen molar-refractivity contribution in [2.24, 2.45) is 0 Å². The first-order valence-electron chi connectivity index (χ1n) is 10.1. The summed E-state index contributed by atoms with van der Waals surface area (Å²) in [6, 6.07) is 13.0. The quantitative estimate of drug-likeness (QED) is 0.477. The number of hydrogen-bond donors (Lipinski definition) is 0. The first-order chi connectivity index (χ1) is 15.6. The van der Waals surface area contributed by atoms with Crippen molar-refractivity contribution in [1.29, 1.82) is 0 Å². The van der Waals surface area contributed by atoms with Gasteiger partial charge in [0.25, 0.3) is 5.91 Å². The van der Waals surface area contributed by atoms with Crippen LogP contribution in [0.4, 0.5) is 5.95 Å². The third-order valence-corrected chi connectivity index (χ3v) is 5.35. The molecule has 0 saturated heterocycles. The normalized spacial score (nSPS) is 15.1. The average Bonchev–Trinajstić information content (AvgIpc) is 3.13. The van der Waals surface area contributed by atoms with Crippen LogP contribution in [0.5, 0.6) is 11.5 Å². The van der Waals surface area contributed by atoms with E-state index < -0.39 is 11.9 Å². The zero-order valence-corrected chi connectivity index (χ0v) is 17.4. The molecular weight excluding hydrogens is 410 g/mol. The Labute approximate surface area is 183 Å². The summed E-state index contributed by atoms with van der Waals surface area (Å²) in [6.45, 7) is 2.35. The Morgan fingerprint density at radius 2 is 1.81 bits per heavy atom. The molecule has 0 spiro atoms. The molecule has 0 N–H and O–H groups in total. The van der Waals surface area contributed by atoms with Gasteiger partial charge in [-0.1, -0.05) is 18.2 Å². The lowest BCUT2D eigenvalue weighted by Gasteiger charge is -2.23. The molecule has 0 fully saturated rings. The standard InChI is InChI=1S/C24H19N3O5/c1-3-31-17-10-9-14(13-18(17)30-2)20-19-21(28)15-7-4-5-8-16(15)32-22(19)23(29)27(20)24-25-11-6-12-26-24/h4-13,20H,3H2,1-2H3. The number of nitrogens with zero attached hydrogens (tertiary/aromatic N) is 3. The average molecular weight is 429 g/mol. The Bertz CT molecular complexity index is 1380. The van der Waals surface area contributed by atoms with Crippen molar-refractivity contribution in [3.63, 3.8) is 0 Å². The third-order valence-electron chi connectivity index (χ3n) is 5.35. The number of methoxy groups -OCH3 is 1. The smallest absolute Gasteiger partial charge is 0.297 e. The molecule has 0 saturated carbocycles. The minimum absolute atomic E-state index is 0.0148. The number of ether oxygens (including phenoxy) is 2. The maximum absolute atomic E-state index is 13.5. The number of hydrogen-bond acceptors (Lipinski definition) is 7. The van der Waals surface area contributed by atoms with Crippen molar-refractivity contribution >= 4 is 22.8 Å². The Hall–Kier alpha value is -4.20. The summed E-state index contributed by atoms with van der Waals surface area (Å²) in [5.74, 6) is 0.733. The van der Waals surface area contributed by atoms with Crippen molar-refractivity contribution in [2.75, 3.05) is 18.6 Å². The van der Waals surface area contributed by atoms with Gasteiger partial charge in [0, 0.05) is 12.4 Å². The fourth-order valence-electron chi connectivity index (χ4n) is 3.99. The van der Waals surface area contributed by atoms with Gasteiger partial charge in [-0.3, -0.25) is 14.5 Å². The van der Waals surface area contributed by atoms with Crippen LogP contribution in [-0.2, 0) is 0 Å². The summed E-state index contributed by atoms with van der Waals surface area (Å²) >= 11 is 0. The van der Waals surface area contributed by atoms with Gasteiger partial charge in [-0.25, -0.2) is 9.97 Å². The predicted octanol–water partition coefficient (Wildman–Crippen LogP) is 3.74. The van der Waals surface area contributed by atoms with Crippen molar-refractivity contribution in [1.82, 2.24) is 9.97 Å². The minimum atomic E-state index is -0.787. The van der Waals surface area contributed by atoms with Crippen LogP contribution in [0.15, 0.2) is 70.1 Å². The van der Waals surface area contributed by atoms with Crippen molar-refractivity contribution in [3.8, 4) is 11.5 Å². The maximum atomic E-state index is 13.5. The van der Waals surface area contributed by atoms with Gasteiger partial charge in [-0.15, -0.1) is 0 Å². The molecule has 5 rings (SSSR count). The van der Waals surface area contributed by atoms with Crippen molar-refractivity contribution in [2.45, 2.75) is 13.0 Å². The van der Waals surface area contributed by atoms with E-state index in [-0.39, 0.29) is 22.7 Å². The lowest BCUT2D eigenvalue weighted by Crippen LogP contribution is -2.31. The molecule has 8 heteroatoms. The molecule has 0 aliphatic carbocycles. The monoisotopic (exact) mass is 429 g/mol. The van der Waals surface area contributed by atoms with E-state index in [4.69, 9.17) is 13.9 Å². The lowest BCUT2D eigenvalue weighted by atomic mass is 9.98. The molecule has 2 aromatic heterocycles. The summed E-state index contributed by atoms with van der Waals surface area (Å²) in [6.07, 6.45) is 3.08. The van der Waals surface area contributed by atoms with Crippen molar-refractivity contribution < 1.29 is 18.7 Å². The lowest BCUT2D eigenvalue weighted by molar-refractivity contribution is 0.0969. The number of aromatic nitrogens is 2. The number of para-hydroxylation sites is 1. The van der Waals surface area contributed by atoms with Crippen LogP contribution in [0, 0.1) is 0 Å². The number of rotatable bonds is 5. The molecule has 3 heterocycles. The molecule has 2 aromatic carbocycles.